The van der Waals surface area contributed by atoms with Gasteiger partial charge in [0.2, 0.25) is 0 Å². The van der Waals surface area contributed by atoms with E-state index in [0.717, 1.165) is 23.5 Å². The molecule has 0 aromatic heterocycles. The van der Waals surface area contributed by atoms with E-state index in [2.05, 4.69) is 5.32 Å². The lowest BCUT2D eigenvalue weighted by molar-refractivity contribution is 0.340. The molecule has 3 heteroatoms. The van der Waals surface area contributed by atoms with Crippen LogP contribution >= 0.6 is 0 Å². The molecule has 0 bridgehead atoms. The number of phenolic OH excluding ortho intramolecular Hbond substituents is 1. The van der Waals surface area contributed by atoms with Gasteiger partial charge >= 0.3 is 0 Å². The second-order valence-electron chi connectivity index (χ2n) is 3.98. The van der Waals surface area contributed by atoms with Crippen molar-refractivity contribution < 1.29 is 9.84 Å². The van der Waals surface area contributed by atoms with Crippen molar-refractivity contribution in [2.24, 2.45) is 0 Å². The van der Waals surface area contributed by atoms with Crippen molar-refractivity contribution in [3.63, 3.8) is 0 Å². The molecule has 0 fully saturated rings. The minimum absolute atomic E-state index is 0.291. The monoisotopic (exact) mass is 243 g/mol. The zero-order chi connectivity index (χ0) is 12.8. The molecule has 0 saturated carbocycles. The van der Waals surface area contributed by atoms with Crippen molar-refractivity contribution in [3.05, 3.63) is 54.1 Å². The average molecular weight is 243 g/mol. The SMILES string of the molecule is CCOc1ccc(NCc2ccc(O)cc2)cc1. The number of anilines is 1. The fourth-order valence-corrected chi connectivity index (χ4v) is 1.65. The topological polar surface area (TPSA) is 41.5 Å². The highest BCUT2D eigenvalue weighted by atomic mass is 16.5. The van der Waals surface area contributed by atoms with Gasteiger partial charge in [-0.1, -0.05) is 12.1 Å². The number of aromatic hydroxyl groups is 1. The van der Waals surface area contributed by atoms with Gasteiger partial charge in [-0.05, 0) is 48.9 Å². The van der Waals surface area contributed by atoms with E-state index in [9.17, 15) is 5.11 Å². The summed E-state index contributed by atoms with van der Waals surface area (Å²) in [6.45, 7) is 3.38. The largest absolute Gasteiger partial charge is 0.508 e. The number of hydrogen-bond acceptors (Lipinski definition) is 3. The van der Waals surface area contributed by atoms with Crippen LogP contribution in [0.25, 0.3) is 0 Å². The Balaban J connectivity index is 1.91. The van der Waals surface area contributed by atoms with Crippen molar-refractivity contribution >= 4 is 5.69 Å². The van der Waals surface area contributed by atoms with Crippen LogP contribution in [0.3, 0.4) is 0 Å². The van der Waals surface area contributed by atoms with Crippen molar-refractivity contribution in [3.8, 4) is 11.5 Å². The van der Waals surface area contributed by atoms with Crippen molar-refractivity contribution in [2.75, 3.05) is 11.9 Å². The molecule has 94 valence electrons. The molecule has 0 saturated heterocycles. The molecule has 0 atom stereocenters. The zero-order valence-corrected chi connectivity index (χ0v) is 10.4. The maximum Gasteiger partial charge on any atom is 0.119 e. The van der Waals surface area contributed by atoms with Crippen LogP contribution in [0.4, 0.5) is 5.69 Å². The number of phenols is 1. The summed E-state index contributed by atoms with van der Waals surface area (Å²) in [7, 11) is 0. The molecule has 0 aliphatic heterocycles. The molecule has 3 nitrogen and oxygen atoms in total. The Kier molecular flexibility index (Phi) is 4.07. The molecule has 0 aliphatic carbocycles. The normalized spacial score (nSPS) is 10.1. The Morgan fingerprint density at radius 3 is 2.28 bits per heavy atom. The van der Waals surface area contributed by atoms with Gasteiger partial charge in [-0.3, -0.25) is 0 Å². The van der Waals surface area contributed by atoms with E-state index < -0.39 is 0 Å². The molecule has 2 aromatic carbocycles. The highest BCUT2D eigenvalue weighted by Gasteiger charge is 1.96. The first-order chi connectivity index (χ1) is 8.78. The summed E-state index contributed by atoms with van der Waals surface area (Å²) in [6, 6.07) is 15.1. The molecule has 0 radical (unpaired) electrons. The summed E-state index contributed by atoms with van der Waals surface area (Å²) >= 11 is 0. The molecule has 0 amide bonds. The highest BCUT2D eigenvalue weighted by molar-refractivity contribution is 5.46. The number of benzene rings is 2. The fourth-order valence-electron chi connectivity index (χ4n) is 1.65. The second-order valence-corrected chi connectivity index (χ2v) is 3.98. The number of nitrogens with one attached hydrogen (secondary N) is 1. The molecular formula is C15H17NO2. The quantitative estimate of drug-likeness (QED) is 0.845. The Labute approximate surface area is 107 Å². The average Bonchev–Trinajstić information content (AvgIpc) is 2.40. The number of hydrogen-bond donors (Lipinski definition) is 2. The van der Waals surface area contributed by atoms with Gasteiger partial charge in [-0.15, -0.1) is 0 Å². The molecule has 0 unspecified atom stereocenters. The maximum absolute atomic E-state index is 9.19. The van der Waals surface area contributed by atoms with Crippen LogP contribution in [-0.4, -0.2) is 11.7 Å². The first-order valence-corrected chi connectivity index (χ1v) is 6.02. The molecule has 2 N–H and O–H groups in total. The van der Waals surface area contributed by atoms with Gasteiger partial charge in [-0.2, -0.15) is 0 Å². The van der Waals surface area contributed by atoms with Crippen molar-refractivity contribution in [1.29, 1.82) is 0 Å². The van der Waals surface area contributed by atoms with Crippen LogP contribution in [-0.2, 0) is 6.54 Å². The molecule has 18 heavy (non-hydrogen) atoms. The van der Waals surface area contributed by atoms with Crippen LogP contribution in [0.1, 0.15) is 12.5 Å². The van der Waals surface area contributed by atoms with Crippen LogP contribution in [0.5, 0.6) is 11.5 Å². The van der Waals surface area contributed by atoms with Crippen LogP contribution in [0.15, 0.2) is 48.5 Å². The van der Waals surface area contributed by atoms with E-state index >= 15 is 0 Å². The predicted octanol–water partition coefficient (Wildman–Crippen LogP) is 3.40. The molecule has 2 aromatic rings. The van der Waals surface area contributed by atoms with Crippen LogP contribution in [0, 0.1) is 0 Å². The van der Waals surface area contributed by atoms with Crippen molar-refractivity contribution in [2.45, 2.75) is 13.5 Å². The zero-order valence-electron chi connectivity index (χ0n) is 10.4. The van der Waals surface area contributed by atoms with E-state index in [4.69, 9.17) is 4.74 Å². The molecule has 0 heterocycles. The summed E-state index contributed by atoms with van der Waals surface area (Å²) in [4.78, 5) is 0. The summed E-state index contributed by atoms with van der Waals surface area (Å²) in [6.07, 6.45) is 0. The lowest BCUT2D eigenvalue weighted by atomic mass is 10.2. The third-order valence-electron chi connectivity index (χ3n) is 2.60. The van der Waals surface area contributed by atoms with Crippen LogP contribution in [0.2, 0.25) is 0 Å². The summed E-state index contributed by atoms with van der Waals surface area (Å²) in [5, 5.41) is 12.5. The summed E-state index contributed by atoms with van der Waals surface area (Å²) in [5.41, 5.74) is 2.17. The predicted molar refractivity (Wildman–Crippen MR) is 73.0 cm³/mol. The van der Waals surface area contributed by atoms with Gasteiger partial charge < -0.3 is 15.2 Å². The minimum Gasteiger partial charge on any atom is -0.508 e. The molecule has 2 rings (SSSR count). The standard InChI is InChI=1S/C15H17NO2/c1-2-18-15-9-5-13(6-10-15)16-11-12-3-7-14(17)8-4-12/h3-10,16-17H,2,11H2,1H3. The molecule has 0 aliphatic rings. The van der Waals surface area contributed by atoms with E-state index in [1.165, 1.54) is 0 Å². The number of rotatable bonds is 5. The Hall–Kier alpha value is -2.16. The van der Waals surface area contributed by atoms with Crippen LogP contribution < -0.4 is 10.1 Å². The highest BCUT2D eigenvalue weighted by Crippen LogP contribution is 2.17. The van der Waals surface area contributed by atoms with E-state index in [1.54, 1.807) is 12.1 Å². The maximum atomic E-state index is 9.19. The van der Waals surface area contributed by atoms with Gasteiger partial charge in [0.1, 0.15) is 11.5 Å². The van der Waals surface area contributed by atoms with Gasteiger partial charge in [-0.25, -0.2) is 0 Å². The third-order valence-corrected chi connectivity index (χ3v) is 2.60. The molecular weight excluding hydrogens is 226 g/mol. The first kappa shape index (κ1) is 12.3. The van der Waals surface area contributed by atoms with Crippen molar-refractivity contribution in [1.82, 2.24) is 0 Å². The van der Waals surface area contributed by atoms with Gasteiger partial charge in [0.05, 0.1) is 6.61 Å². The van der Waals surface area contributed by atoms with Gasteiger partial charge in [0.25, 0.3) is 0 Å². The van der Waals surface area contributed by atoms with Gasteiger partial charge in [0, 0.05) is 12.2 Å². The smallest absolute Gasteiger partial charge is 0.119 e. The van der Waals surface area contributed by atoms with Gasteiger partial charge in [0.15, 0.2) is 0 Å². The summed E-state index contributed by atoms with van der Waals surface area (Å²) in [5.74, 6) is 1.17. The number of ether oxygens (including phenoxy) is 1. The third kappa shape index (κ3) is 3.42. The summed E-state index contributed by atoms with van der Waals surface area (Å²) < 4.78 is 5.38. The Bertz CT molecular complexity index is 477. The molecule has 0 spiro atoms. The minimum atomic E-state index is 0.291. The van der Waals surface area contributed by atoms with E-state index in [-0.39, 0.29) is 0 Å². The van der Waals surface area contributed by atoms with E-state index in [0.29, 0.717) is 12.4 Å². The Morgan fingerprint density at radius 1 is 1.00 bits per heavy atom. The Morgan fingerprint density at radius 2 is 1.67 bits per heavy atom. The lowest BCUT2D eigenvalue weighted by Crippen LogP contribution is -1.99. The van der Waals surface area contributed by atoms with E-state index in [1.807, 2.05) is 43.3 Å². The first-order valence-electron chi connectivity index (χ1n) is 6.02. The lowest BCUT2D eigenvalue weighted by Gasteiger charge is -2.08. The fraction of sp³-hybridized carbons (Fsp3) is 0.200. The second kappa shape index (κ2) is 5.96.